The van der Waals surface area contributed by atoms with Crippen molar-refractivity contribution in [1.82, 2.24) is 10.2 Å². The van der Waals surface area contributed by atoms with Gasteiger partial charge < -0.3 is 15.3 Å². The van der Waals surface area contributed by atoms with Gasteiger partial charge in [0.05, 0.1) is 5.56 Å². The van der Waals surface area contributed by atoms with Gasteiger partial charge in [-0.1, -0.05) is 0 Å². The number of carbonyl (C=O) groups is 2. The molecule has 1 aliphatic heterocycles. The number of rotatable bonds is 2. The lowest BCUT2D eigenvalue weighted by atomic mass is 9.89. The molecule has 2 N–H and O–H groups in total. The molecule has 1 saturated heterocycles. The molecular formula is C18H24N2O3. The summed E-state index contributed by atoms with van der Waals surface area (Å²) in [7, 11) is 1.64. The van der Waals surface area contributed by atoms with Gasteiger partial charge in [0.1, 0.15) is 5.75 Å². The number of likely N-dealkylation sites (tertiary alicyclic amines) is 1. The summed E-state index contributed by atoms with van der Waals surface area (Å²) in [4.78, 5) is 26.1. The number of amides is 2. The molecule has 1 heterocycles. The Morgan fingerprint density at radius 2 is 1.74 bits per heavy atom. The summed E-state index contributed by atoms with van der Waals surface area (Å²) in [6.07, 6.45) is 5.60. The van der Waals surface area contributed by atoms with Crippen LogP contribution in [0.15, 0.2) is 12.1 Å². The van der Waals surface area contributed by atoms with E-state index in [9.17, 15) is 14.7 Å². The maximum absolute atomic E-state index is 12.7. The lowest BCUT2D eigenvalue weighted by Gasteiger charge is -2.31. The van der Waals surface area contributed by atoms with Gasteiger partial charge >= 0.3 is 0 Å². The number of aromatic hydroxyl groups is 1. The maximum atomic E-state index is 12.7. The molecule has 1 fully saturated rings. The zero-order chi connectivity index (χ0) is 16.4. The average molecular weight is 316 g/mol. The van der Waals surface area contributed by atoms with Crippen molar-refractivity contribution >= 4 is 11.8 Å². The van der Waals surface area contributed by atoms with Crippen LogP contribution in [0.5, 0.6) is 5.75 Å². The van der Waals surface area contributed by atoms with Gasteiger partial charge in [-0.05, 0) is 61.8 Å². The number of phenols is 1. The third kappa shape index (κ3) is 3.19. The van der Waals surface area contributed by atoms with Crippen LogP contribution in [0.3, 0.4) is 0 Å². The van der Waals surface area contributed by atoms with Crippen LogP contribution in [0, 0.1) is 5.92 Å². The number of fused-ring (bicyclic) bond motifs is 1. The van der Waals surface area contributed by atoms with E-state index >= 15 is 0 Å². The number of nitrogens with one attached hydrogen (secondary N) is 1. The van der Waals surface area contributed by atoms with Crippen LogP contribution >= 0.6 is 0 Å². The zero-order valence-corrected chi connectivity index (χ0v) is 13.6. The van der Waals surface area contributed by atoms with Crippen molar-refractivity contribution in [2.75, 3.05) is 20.1 Å². The molecule has 0 radical (unpaired) electrons. The normalized spacial score (nSPS) is 18.4. The van der Waals surface area contributed by atoms with Gasteiger partial charge in [0.25, 0.3) is 5.91 Å². The number of benzene rings is 1. The first-order valence-electron chi connectivity index (χ1n) is 8.45. The van der Waals surface area contributed by atoms with Gasteiger partial charge in [-0.2, -0.15) is 0 Å². The van der Waals surface area contributed by atoms with Gasteiger partial charge in [0.15, 0.2) is 0 Å². The summed E-state index contributed by atoms with van der Waals surface area (Å²) < 4.78 is 0. The number of hydrogen-bond acceptors (Lipinski definition) is 3. The highest BCUT2D eigenvalue weighted by Crippen LogP contribution is 2.30. The molecule has 3 rings (SSSR count). The Kier molecular flexibility index (Phi) is 4.55. The first-order valence-corrected chi connectivity index (χ1v) is 8.45. The molecule has 0 aromatic heterocycles. The Labute approximate surface area is 136 Å². The minimum atomic E-state index is -0.119. The lowest BCUT2D eigenvalue weighted by Crippen LogP contribution is -2.42. The fraction of sp³-hybridized carbons (Fsp3) is 0.556. The van der Waals surface area contributed by atoms with Crippen LogP contribution in [0.4, 0.5) is 0 Å². The van der Waals surface area contributed by atoms with Crippen molar-refractivity contribution in [3.05, 3.63) is 28.8 Å². The van der Waals surface area contributed by atoms with E-state index in [2.05, 4.69) is 5.32 Å². The molecule has 23 heavy (non-hydrogen) atoms. The number of nitrogens with zero attached hydrogens (tertiary/aromatic N) is 1. The Morgan fingerprint density at radius 3 is 2.35 bits per heavy atom. The molecule has 2 aliphatic rings. The largest absolute Gasteiger partial charge is 0.507 e. The van der Waals surface area contributed by atoms with E-state index in [1.54, 1.807) is 18.0 Å². The summed E-state index contributed by atoms with van der Waals surface area (Å²) in [5.41, 5.74) is 2.77. The summed E-state index contributed by atoms with van der Waals surface area (Å²) >= 11 is 0. The van der Waals surface area contributed by atoms with Gasteiger partial charge in [0.2, 0.25) is 5.91 Å². The van der Waals surface area contributed by atoms with Crippen molar-refractivity contribution < 1.29 is 14.7 Å². The van der Waals surface area contributed by atoms with Crippen LogP contribution in [0.1, 0.15) is 47.2 Å². The van der Waals surface area contributed by atoms with Crippen molar-refractivity contribution in [2.45, 2.75) is 38.5 Å². The fourth-order valence-corrected chi connectivity index (χ4v) is 3.66. The van der Waals surface area contributed by atoms with E-state index in [0.29, 0.717) is 31.5 Å². The summed E-state index contributed by atoms with van der Waals surface area (Å²) in [6.45, 7) is 1.13. The van der Waals surface area contributed by atoms with Crippen molar-refractivity contribution in [3.8, 4) is 5.75 Å². The zero-order valence-electron chi connectivity index (χ0n) is 13.6. The number of carbonyl (C=O) groups excluding carboxylic acids is 2. The molecule has 1 aromatic rings. The van der Waals surface area contributed by atoms with Gasteiger partial charge in [-0.3, -0.25) is 9.59 Å². The van der Waals surface area contributed by atoms with E-state index < -0.39 is 0 Å². The highest BCUT2D eigenvalue weighted by Gasteiger charge is 2.28. The maximum Gasteiger partial charge on any atom is 0.257 e. The molecule has 1 aliphatic carbocycles. The number of piperidine rings is 1. The van der Waals surface area contributed by atoms with E-state index in [1.807, 2.05) is 6.07 Å². The molecule has 2 amide bonds. The predicted octanol–water partition coefficient (Wildman–Crippen LogP) is 1.87. The van der Waals surface area contributed by atoms with Crippen LogP contribution in [-0.4, -0.2) is 42.0 Å². The highest BCUT2D eigenvalue weighted by molar-refractivity contribution is 5.97. The van der Waals surface area contributed by atoms with E-state index in [-0.39, 0.29) is 23.5 Å². The topological polar surface area (TPSA) is 69.6 Å². The Bertz CT molecular complexity index is 619. The Balaban J connectivity index is 1.73. The second-order valence-electron chi connectivity index (χ2n) is 6.53. The predicted molar refractivity (Wildman–Crippen MR) is 87.4 cm³/mol. The third-order valence-corrected chi connectivity index (χ3v) is 5.09. The molecule has 0 spiro atoms. The monoisotopic (exact) mass is 316 g/mol. The number of aryl methyl sites for hydroxylation is 2. The molecule has 0 unspecified atom stereocenters. The molecule has 0 bridgehead atoms. The molecule has 1 aromatic carbocycles. The van der Waals surface area contributed by atoms with Gasteiger partial charge in [-0.25, -0.2) is 0 Å². The van der Waals surface area contributed by atoms with Crippen LogP contribution in [-0.2, 0) is 17.6 Å². The quantitative estimate of drug-likeness (QED) is 0.875. The van der Waals surface area contributed by atoms with Crippen LogP contribution < -0.4 is 5.32 Å². The molecular weight excluding hydrogens is 292 g/mol. The third-order valence-electron chi connectivity index (χ3n) is 5.09. The van der Waals surface area contributed by atoms with E-state index in [4.69, 9.17) is 0 Å². The second kappa shape index (κ2) is 6.60. The lowest BCUT2D eigenvalue weighted by molar-refractivity contribution is -0.125. The Morgan fingerprint density at radius 1 is 1.13 bits per heavy atom. The minimum absolute atomic E-state index is 0.0128. The van der Waals surface area contributed by atoms with Crippen molar-refractivity contribution in [1.29, 1.82) is 0 Å². The first-order chi connectivity index (χ1) is 11.1. The standard InChI is InChI=1S/C18H24N2O3/c1-19-17(22)12-6-8-20(9-7-12)18(23)15-10-13-4-2-3-5-14(13)11-16(15)21/h10-12,21H,2-9H2,1H3,(H,19,22). The number of phenolic OH excluding ortho intramolecular Hbond substituents is 1. The van der Waals surface area contributed by atoms with E-state index in [0.717, 1.165) is 25.7 Å². The number of hydrogen-bond donors (Lipinski definition) is 2. The second-order valence-corrected chi connectivity index (χ2v) is 6.53. The van der Waals surface area contributed by atoms with E-state index in [1.165, 1.54) is 11.1 Å². The van der Waals surface area contributed by atoms with Gasteiger partial charge in [0, 0.05) is 26.1 Å². The molecule has 5 heteroatoms. The SMILES string of the molecule is CNC(=O)C1CCN(C(=O)c2cc3c(cc2O)CCCC3)CC1. The first kappa shape index (κ1) is 15.8. The molecule has 5 nitrogen and oxygen atoms in total. The molecule has 124 valence electrons. The van der Waals surface area contributed by atoms with Crippen LogP contribution in [0.25, 0.3) is 0 Å². The fourth-order valence-electron chi connectivity index (χ4n) is 3.66. The van der Waals surface area contributed by atoms with Crippen LogP contribution in [0.2, 0.25) is 0 Å². The van der Waals surface area contributed by atoms with Crippen molar-refractivity contribution in [3.63, 3.8) is 0 Å². The smallest absolute Gasteiger partial charge is 0.257 e. The molecule has 0 atom stereocenters. The average Bonchev–Trinajstić information content (AvgIpc) is 2.60. The van der Waals surface area contributed by atoms with Crippen molar-refractivity contribution in [2.24, 2.45) is 5.92 Å². The minimum Gasteiger partial charge on any atom is -0.507 e. The van der Waals surface area contributed by atoms with Gasteiger partial charge in [-0.15, -0.1) is 0 Å². The Hall–Kier alpha value is -2.04. The molecule has 0 saturated carbocycles. The summed E-state index contributed by atoms with van der Waals surface area (Å²) in [5.74, 6) is 0.00483. The highest BCUT2D eigenvalue weighted by atomic mass is 16.3. The summed E-state index contributed by atoms with van der Waals surface area (Å²) in [5, 5.41) is 12.9. The summed E-state index contributed by atoms with van der Waals surface area (Å²) in [6, 6.07) is 3.63.